The molecule has 3 rings (SSSR count). The molecule has 0 spiro atoms. The highest BCUT2D eigenvalue weighted by molar-refractivity contribution is 7.86. The molecule has 0 aromatic heterocycles. The molecule has 0 N–H and O–H groups in total. The van der Waals surface area contributed by atoms with E-state index in [1.54, 1.807) is 14.7 Å². The predicted octanol–water partition coefficient (Wildman–Crippen LogP) is 2.07. The fourth-order valence-electron chi connectivity index (χ4n) is 3.29. The van der Waals surface area contributed by atoms with Gasteiger partial charge in [-0.3, -0.25) is 4.90 Å². The number of piperidine rings is 1. The monoisotopic (exact) mass is 387 g/mol. The van der Waals surface area contributed by atoms with E-state index in [0.29, 0.717) is 43.6 Å². The minimum Gasteiger partial charge on any atom is -0.491 e. The summed E-state index contributed by atoms with van der Waals surface area (Å²) in [4.78, 5) is 2.24. The highest BCUT2D eigenvalue weighted by Gasteiger charge is 2.32. The molecule has 2 aliphatic rings. The molecule has 0 unspecified atom stereocenters. The van der Waals surface area contributed by atoms with E-state index in [0.717, 1.165) is 38.9 Å². The normalized spacial score (nSPS) is 21.3. The fraction of sp³-hybridized carbons (Fsp3) is 0.647. The number of hydrogen-bond donors (Lipinski definition) is 0. The van der Waals surface area contributed by atoms with Crippen LogP contribution in [0.5, 0.6) is 5.75 Å². The Morgan fingerprint density at radius 3 is 2.24 bits per heavy atom. The van der Waals surface area contributed by atoms with Crippen molar-refractivity contribution in [2.24, 2.45) is 0 Å². The number of halogens is 1. The van der Waals surface area contributed by atoms with Crippen LogP contribution in [-0.4, -0.2) is 74.3 Å². The second kappa shape index (κ2) is 8.68. The Balaban J connectivity index is 1.43. The van der Waals surface area contributed by atoms with Crippen molar-refractivity contribution in [3.8, 4) is 5.75 Å². The summed E-state index contributed by atoms with van der Waals surface area (Å²) in [7, 11) is -3.29. The van der Waals surface area contributed by atoms with Crippen molar-refractivity contribution in [3.63, 3.8) is 0 Å². The van der Waals surface area contributed by atoms with E-state index < -0.39 is 10.2 Å². The number of ether oxygens (including phenoxy) is 1. The highest BCUT2D eigenvalue weighted by Crippen LogP contribution is 2.23. The average Bonchev–Trinajstić information content (AvgIpc) is 2.64. The van der Waals surface area contributed by atoms with E-state index in [1.807, 2.05) is 18.2 Å². The number of rotatable bonds is 6. The van der Waals surface area contributed by atoms with Gasteiger partial charge in [0, 0.05) is 45.8 Å². The highest BCUT2D eigenvalue weighted by atomic mass is 35.5. The summed E-state index contributed by atoms with van der Waals surface area (Å²) >= 11 is 6.07. The van der Waals surface area contributed by atoms with Gasteiger partial charge in [0.25, 0.3) is 10.2 Å². The molecule has 2 heterocycles. The lowest BCUT2D eigenvalue weighted by molar-refractivity contribution is 0.153. The van der Waals surface area contributed by atoms with Crippen LogP contribution in [0.3, 0.4) is 0 Å². The summed E-state index contributed by atoms with van der Waals surface area (Å²) in [6, 6.07) is 7.43. The van der Waals surface area contributed by atoms with Gasteiger partial charge in [0.1, 0.15) is 12.4 Å². The van der Waals surface area contributed by atoms with E-state index in [-0.39, 0.29) is 0 Å². The van der Waals surface area contributed by atoms with Crippen LogP contribution in [0.4, 0.5) is 0 Å². The van der Waals surface area contributed by atoms with E-state index in [9.17, 15) is 8.42 Å². The molecule has 8 heteroatoms. The van der Waals surface area contributed by atoms with Gasteiger partial charge in [-0.1, -0.05) is 30.2 Å². The molecule has 0 aliphatic carbocycles. The molecule has 0 radical (unpaired) electrons. The number of para-hydroxylation sites is 1. The van der Waals surface area contributed by atoms with Crippen LogP contribution in [0.2, 0.25) is 5.02 Å². The van der Waals surface area contributed by atoms with Gasteiger partial charge in [0.15, 0.2) is 0 Å². The van der Waals surface area contributed by atoms with Crippen molar-refractivity contribution >= 4 is 21.8 Å². The molecule has 1 aromatic carbocycles. The lowest BCUT2D eigenvalue weighted by Crippen LogP contribution is -2.54. The van der Waals surface area contributed by atoms with Crippen LogP contribution >= 0.6 is 11.6 Å². The number of benzene rings is 1. The van der Waals surface area contributed by atoms with Crippen molar-refractivity contribution in [1.29, 1.82) is 0 Å². The summed E-state index contributed by atoms with van der Waals surface area (Å²) < 4.78 is 34.3. The molecule has 2 aliphatic heterocycles. The third-order valence-electron chi connectivity index (χ3n) is 4.80. The van der Waals surface area contributed by atoms with Gasteiger partial charge < -0.3 is 4.74 Å². The summed E-state index contributed by atoms with van der Waals surface area (Å²) in [6.07, 6.45) is 3.07. The van der Waals surface area contributed by atoms with E-state index >= 15 is 0 Å². The second-order valence-corrected chi connectivity index (χ2v) is 8.82. The quantitative estimate of drug-likeness (QED) is 0.749. The van der Waals surface area contributed by atoms with E-state index in [1.165, 1.54) is 0 Å². The summed E-state index contributed by atoms with van der Waals surface area (Å²) in [5.41, 5.74) is 0. The third-order valence-corrected chi connectivity index (χ3v) is 7.15. The standard InChI is InChI=1S/C17H26ClN3O3S/c18-16-6-2-3-7-17(16)24-15-14-19-10-12-21(13-11-19)25(22,23)20-8-4-1-5-9-20/h2-3,6-7H,1,4-5,8-15H2. The lowest BCUT2D eigenvalue weighted by Gasteiger charge is -2.37. The number of hydrogen-bond acceptors (Lipinski definition) is 4. The zero-order valence-electron chi connectivity index (χ0n) is 14.4. The van der Waals surface area contributed by atoms with Crippen LogP contribution in [0, 0.1) is 0 Å². The van der Waals surface area contributed by atoms with Gasteiger partial charge in [0.05, 0.1) is 5.02 Å². The van der Waals surface area contributed by atoms with Crippen molar-refractivity contribution in [1.82, 2.24) is 13.5 Å². The molecule has 2 fully saturated rings. The van der Waals surface area contributed by atoms with Gasteiger partial charge in [-0.25, -0.2) is 0 Å². The zero-order valence-corrected chi connectivity index (χ0v) is 16.0. The smallest absolute Gasteiger partial charge is 0.282 e. The summed E-state index contributed by atoms with van der Waals surface area (Å²) in [5, 5.41) is 0.611. The molecule has 1 aromatic rings. The van der Waals surface area contributed by atoms with Crippen molar-refractivity contribution < 1.29 is 13.2 Å². The van der Waals surface area contributed by atoms with Gasteiger partial charge in [-0.2, -0.15) is 17.0 Å². The second-order valence-electron chi connectivity index (χ2n) is 6.49. The Bertz CT molecular complexity index is 657. The Kier molecular flexibility index (Phi) is 6.57. The third kappa shape index (κ3) is 4.86. The van der Waals surface area contributed by atoms with Crippen LogP contribution < -0.4 is 4.74 Å². The first-order valence-electron chi connectivity index (χ1n) is 8.92. The Hall–Kier alpha value is -0.860. The molecule has 0 saturated carbocycles. The molecule has 0 atom stereocenters. The largest absolute Gasteiger partial charge is 0.491 e. The molecule has 2 saturated heterocycles. The summed E-state index contributed by atoms with van der Waals surface area (Å²) in [6.45, 7) is 5.20. The molecule has 0 bridgehead atoms. The van der Waals surface area contributed by atoms with Gasteiger partial charge in [-0.15, -0.1) is 0 Å². The topological polar surface area (TPSA) is 53.1 Å². The van der Waals surface area contributed by atoms with Crippen LogP contribution in [0.25, 0.3) is 0 Å². The van der Waals surface area contributed by atoms with E-state index in [2.05, 4.69) is 4.90 Å². The maximum atomic E-state index is 12.7. The van der Waals surface area contributed by atoms with Crippen LogP contribution in [-0.2, 0) is 10.2 Å². The first kappa shape index (κ1) is 18.9. The van der Waals surface area contributed by atoms with Crippen molar-refractivity contribution in [2.45, 2.75) is 19.3 Å². The van der Waals surface area contributed by atoms with Gasteiger partial charge in [-0.05, 0) is 25.0 Å². The van der Waals surface area contributed by atoms with Crippen LogP contribution in [0.15, 0.2) is 24.3 Å². The average molecular weight is 388 g/mol. The lowest BCUT2D eigenvalue weighted by atomic mass is 10.2. The fourth-order valence-corrected chi connectivity index (χ4v) is 5.15. The Morgan fingerprint density at radius 2 is 1.56 bits per heavy atom. The zero-order chi connectivity index (χ0) is 17.7. The maximum absolute atomic E-state index is 12.7. The minimum absolute atomic E-state index is 0.544. The SMILES string of the molecule is O=S(=O)(N1CCCCC1)N1CCN(CCOc2ccccc2Cl)CC1. The first-order valence-corrected chi connectivity index (χ1v) is 10.7. The Morgan fingerprint density at radius 1 is 0.920 bits per heavy atom. The molecular formula is C17H26ClN3O3S. The first-order chi connectivity index (χ1) is 12.1. The molecule has 0 amide bonds. The predicted molar refractivity (Wildman–Crippen MR) is 99.3 cm³/mol. The van der Waals surface area contributed by atoms with Crippen molar-refractivity contribution in [3.05, 3.63) is 29.3 Å². The maximum Gasteiger partial charge on any atom is 0.282 e. The van der Waals surface area contributed by atoms with E-state index in [4.69, 9.17) is 16.3 Å². The van der Waals surface area contributed by atoms with Crippen molar-refractivity contribution in [2.75, 3.05) is 52.4 Å². The molecule has 25 heavy (non-hydrogen) atoms. The summed E-state index contributed by atoms with van der Waals surface area (Å²) in [5.74, 6) is 0.690. The van der Waals surface area contributed by atoms with Gasteiger partial charge >= 0.3 is 0 Å². The molecule has 6 nitrogen and oxygen atoms in total. The Labute approximate surface area is 155 Å². The number of piperazine rings is 1. The minimum atomic E-state index is -3.29. The van der Waals surface area contributed by atoms with Gasteiger partial charge in [0.2, 0.25) is 0 Å². The van der Waals surface area contributed by atoms with Crippen LogP contribution in [0.1, 0.15) is 19.3 Å². The molecular weight excluding hydrogens is 362 g/mol. The number of nitrogens with zero attached hydrogens (tertiary/aromatic N) is 3. The molecule has 140 valence electrons.